The Balaban J connectivity index is 1.27. The van der Waals surface area contributed by atoms with Crippen LogP contribution in [0.1, 0.15) is 34.8 Å². The normalized spacial score (nSPS) is 14.7. The van der Waals surface area contributed by atoms with Gasteiger partial charge in [-0.3, -0.25) is 4.79 Å². The molecule has 2 heterocycles. The number of urea groups is 1. The summed E-state index contributed by atoms with van der Waals surface area (Å²) in [6, 6.07) is 18.6. The second-order valence-corrected chi connectivity index (χ2v) is 7.77. The van der Waals surface area contributed by atoms with Gasteiger partial charge in [0.05, 0.1) is 11.7 Å². The van der Waals surface area contributed by atoms with E-state index in [9.17, 15) is 9.59 Å². The third-order valence-corrected chi connectivity index (χ3v) is 5.39. The van der Waals surface area contributed by atoms with Gasteiger partial charge < -0.3 is 24.4 Å². The summed E-state index contributed by atoms with van der Waals surface area (Å²) >= 11 is 0. The molecule has 3 aromatic rings. The predicted molar refractivity (Wildman–Crippen MR) is 119 cm³/mol. The summed E-state index contributed by atoms with van der Waals surface area (Å²) in [4.78, 5) is 28.6. The van der Waals surface area contributed by atoms with Crippen LogP contribution in [0, 0.1) is 6.92 Å². The average Bonchev–Trinajstić information content (AvgIpc) is 3.26. The first-order valence-electron chi connectivity index (χ1n) is 10.6. The molecule has 0 saturated carbocycles. The number of ether oxygens (including phenoxy) is 1. The highest BCUT2D eigenvalue weighted by atomic mass is 16.5. The highest BCUT2D eigenvalue weighted by Gasteiger charge is 2.27. The zero-order valence-corrected chi connectivity index (χ0v) is 18.2. The number of piperazine rings is 1. The van der Waals surface area contributed by atoms with Gasteiger partial charge in [-0.25, -0.2) is 4.79 Å². The molecule has 1 unspecified atom stereocenters. The van der Waals surface area contributed by atoms with E-state index in [2.05, 4.69) is 10.5 Å². The number of para-hydroxylation sites is 1. The maximum Gasteiger partial charge on any atom is 0.317 e. The van der Waals surface area contributed by atoms with Crippen molar-refractivity contribution in [2.75, 3.05) is 26.2 Å². The molecule has 32 heavy (non-hydrogen) atoms. The quantitative estimate of drug-likeness (QED) is 0.656. The summed E-state index contributed by atoms with van der Waals surface area (Å²) in [5.41, 5.74) is 1.65. The Bertz CT molecular complexity index is 1060. The number of nitrogens with zero attached hydrogens (tertiary/aromatic N) is 3. The molecule has 166 valence electrons. The summed E-state index contributed by atoms with van der Waals surface area (Å²) in [5, 5.41) is 6.79. The lowest BCUT2D eigenvalue weighted by atomic mass is 10.1. The van der Waals surface area contributed by atoms with E-state index < -0.39 is 0 Å². The van der Waals surface area contributed by atoms with Gasteiger partial charge in [-0.2, -0.15) is 0 Å². The molecular weight excluding hydrogens is 408 g/mol. The topological polar surface area (TPSA) is 87.9 Å². The van der Waals surface area contributed by atoms with Gasteiger partial charge >= 0.3 is 6.03 Å². The van der Waals surface area contributed by atoms with E-state index in [0.29, 0.717) is 31.9 Å². The van der Waals surface area contributed by atoms with Crippen molar-refractivity contribution in [1.82, 2.24) is 20.3 Å². The highest BCUT2D eigenvalue weighted by Crippen LogP contribution is 2.23. The SMILES string of the molecule is Cc1cc(C(=O)N2CCN(C(=O)NC(C)c3ccc(Oc4ccccc4)cc3)CC2)on1. The molecule has 0 radical (unpaired) electrons. The molecule has 4 rings (SSSR count). The minimum absolute atomic E-state index is 0.148. The monoisotopic (exact) mass is 434 g/mol. The van der Waals surface area contributed by atoms with Crippen LogP contribution in [-0.4, -0.2) is 53.1 Å². The Labute approximate surface area is 186 Å². The lowest BCUT2D eigenvalue weighted by Crippen LogP contribution is -2.53. The molecule has 0 spiro atoms. The number of aryl methyl sites for hydroxylation is 1. The summed E-state index contributed by atoms with van der Waals surface area (Å²) in [7, 11) is 0. The van der Waals surface area contributed by atoms with Crippen LogP contribution in [0.2, 0.25) is 0 Å². The number of hydrogen-bond acceptors (Lipinski definition) is 5. The molecule has 1 aromatic heterocycles. The van der Waals surface area contributed by atoms with Crippen molar-refractivity contribution in [2.24, 2.45) is 0 Å². The van der Waals surface area contributed by atoms with Crippen LogP contribution in [0.3, 0.4) is 0 Å². The summed E-state index contributed by atoms with van der Waals surface area (Å²) in [6.45, 7) is 5.53. The Hall–Kier alpha value is -3.81. The Morgan fingerprint density at radius 2 is 1.59 bits per heavy atom. The van der Waals surface area contributed by atoms with E-state index in [-0.39, 0.29) is 23.7 Å². The fourth-order valence-corrected chi connectivity index (χ4v) is 3.54. The number of carbonyl (C=O) groups is 2. The highest BCUT2D eigenvalue weighted by molar-refractivity contribution is 5.91. The zero-order valence-electron chi connectivity index (χ0n) is 18.2. The van der Waals surface area contributed by atoms with Gasteiger partial charge in [0.15, 0.2) is 0 Å². The van der Waals surface area contributed by atoms with Crippen LogP contribution < -0.4 is 10.1 Å². The van der Waals surface area contributed by atoms with Crippen LogP contribution in [0.4, 0.5) is 4.79 Å². The van der Waals surface area contributed by atoms with Gasteiger partial charge in [0.1, 0.15) is 11.5 Å². The van der Waals surface area contributed by atoms with Gasteiger partial charge in [0.25, 0.3) is 5.91 Å². The first-order chi connectivity index (χ1) is 15.5. The minimum Gasteiger partial charge on any atom is -0.457 e. The Morgan fingerprint density at radius 1 is 0.969 bits per heavy atom. The molecule has 8 nitrogen and oxygen atoms in total. The fraction of sp³-hybridized carbons (Fsp3) is 0.292. The molecule has 1 N–H and O–H groups in total. The number of aromatic nitrogens is 1. The maximum absolute atomic E-state index is 12.7. The average molecular weight is 434 g/mol. The molecule has 1 aliphatic rings. The van der Waals surface area contributed by atoms with Crippen molar-refractivity contribution in [2.45, 2.75) is 19.9 Å². The van der Waals surface area contributed by atoms with E-state index in [1.165, 1.54) is 0 Å². The van der Waals surface area contributed by atoms with Crippen molar-refractivity contribution in [3.63, 3.8) is 0 Å². The molecule has 8 heteroatoms. The summed E-state index contributed by atoms with van der Waals surface area (Å²) in [5.74, 6) is 1.55. The summed E-state index contributed by atoms with van der Waals surface area (Å²) in [6.07, 6.45) is 0. The molecule has 3 amide bonds. The van der Waals surface area contributed by atoms with E-state index in [0.717, 1.165) is 17.1 Å². The van der Waals surface area contributed by atoms with Gasteiger partial charge in [-0.1, -0.05) is 35.5 Å². The van der Waals surface area contributed by atoms with E-state index in [1.807, 2.05) is 61.5 Å². The van der Waals surface area contributed by atoms with Gasteiger partial charge in [0, 0.05) is 32.2 Å². The maximum atomic E-state index is 12.7. The predicted octanol–water partition coefficient (Wildman–Crippen LogP) is 4.00. The number of hydrogen-bond donors (Lipinski definition) is 1. The van der Waals surface area contributed by atoms with Gasteiger partial charge in [-0.05, 0) is 43.7 Å². The largest absolute Gasteiger partial charge is 0.457 e. The van der Waals surface area contributed by atoms with Crippen molar-refractivity contribution < 1.29 is 18.8 Å². The number of amides is 3. The number of carbonyl (C=O) groups excluding carboxylic acids is 2. The van der Waals surface area contributed by atoms with Crippen LogP contribution >= 0.6 is 0 Å². The molecular formula is C24H26N4O4. The van der Waals surface area contributed by atoms with Crippen LogP contribution in [-0.2, 0) is 0 Å². The third-order valence-electron chi connectivity index (χ3n) is 5.39. The standard InChI is InChI=1S/C24H26N4O4/c1-17-16-22(32-26-17)23(29)27-12-14-28(15-13-27)24(30)25-18(2)19-8-10-21(11-9-19)31-20-6-4-3-5-7-20/h3-11,16,18H,12-15H2,1-2H3,(H,25,30). The van der Waals surface area contributed by atoms with Gasteiger partial charge in [0.2, 0.25) is 5.76 Å². The van der Waals surface area contributed by atoms with Crippen molar-refractivity contribution >= 4 is 11.9 Å². The number of benzene rings is 2. The lowest BCUT2D eigenvalue weighted by Gasteiger charge is -2.34. The second kappa shape index (κ2) is 9.55. The molecule has 1 atom stereocenters. The lowest BCUT2D eigenvalue weighted by molar-refractivity contribution is 0.0623. The smallest absolute Gasteiger partial charge is 0.317 e. The van der Waals surface area contributed by atoms with Gasteiger partial charge in [-0.15, -0.1) is 0 Å². The second-order valence-electron chi connectivity index (χ2n) is 7.77. The van der Waals surface area contributed by atoms with E-state index in [4.69, 9.17) is 9.26 Å². The summed E-state index contributed by atoms with van der Waals surface area (Å²) < 4.78 is 10.9. The van der Waals surface area contributed by atoms with Crippen molar-refractivity contribution in [3.05, 3.63) is 77.7 Å². The Kier molecular flexibility index (Phi) is 6.39. The molecule has 1 aliphatic heterocycles. The van der Waals surface area contributed by atoms with Crippen LogP contribution in [0.25, 0.3) is 0 Å². The molecule has 1 fully saturated rings. The van der Waals surface area contributed by atoms with E-state index >= 15 is 0 Å². The van der Waals surface area contributed by atoms with Crippen molar-refractivity contribution in [3.8, 4) is 11.5 Å². The first-order valence-corrected chi connectivity index (χ1v) is 10.6. The first kappa shape index (κ1) is 21.4. The third kappa shape index (κ3) is 5.08. The number of nitrogens with one attached hydrogen (secondary N) is 1. The van der Waals surface area contributed by atoms with Crippen LogP contribution in [0.15, 0.2) is 65.2 Å². The van der Waals surface area contributed by atoms with E-state index in [1.54, 1.807) is 22.8 Å². The fourth-order valence-electron chi connectivity index (χ4n) is 3.54. The molecule has 2 aromatic carbocycles. The number of rotatable bonds is 5. The van der Waals surface area contributed by atoms with Crippen molar-refractivity contribution in [1.29, 1.82) is 0 Å². The molecule has 0 bridgehead atoms. The minimum atomic E-state index is -0.197. The zero-order chi connectivity index (χ0) is 22.5. The van der Waals surface area contributed by atoms with Crippen LogP contribution in [0.5, 0.6) is 11.5 Å². The molecule has 0 aliphatic carbocycles. The molecule has 1 saturated heterocycles. The Morgan fingerprint density at radius 3 is 2.22 bits per heavy atom.